The highest BCUT2D eigenvalue weighted by molar-refractivity contribution is 5.89. The Kier molecular flexibility index (Phi) is 4.93. The molecule has 3 rings (SSSR count). The number of carbonyl (C=O) groups excluding carboxylic acids is 1. The normalized spacial score (nSPS) is 20.9. The van der Waals surface area contributed by atoms with Crippen LogP contribution in [0.5, 0.6) is 0 Å². The van der Waals surface area contributed by atoms with Crippen molar-refractivity contribution in [2.45, 2.75) is 38.1 Å². The van der Waals surface area contributed by atoms with Gasteiger partial charge in [0.25, 0.3) is 0 Å². The molecule has 2 aliphatic heterocycles. The van der Waals surface area contributed by atoms with Crippen LogP contribution in [0.1, 0.15) is 42.5 Å². The first-order valence-electron chi connectivity index (χ1n) is 8.31. The van der Waals surface area contributed by atoms with E-state index in [9.17, 15) is 4.79 Å². The average molecular weight is 303 g/mol. The summed E-state index contributed by atoms with van der Waals surface area (Å²) in [5.41, 5.74) is 0.509. The Morgan fingerprint density at radius 2 is 1.86 bits per heavy atom. The van der Waals surface area contributed by atoms with Crippen molar-refractivity contribution in [2.24, 2.45) is 0 Å². The number of piperidine rings is 2. The van der Waals surface area contributed by atoms with Gasteiger partial charge in [0.05, 0.1) is 12.7 Å². The predicted molar refractivity (Wildman–Crippen MR) is 86.2 cm³/mol. The zero-order valence-electron chi connectivity index (χ0n) is 13.3. The number of likely N-dealkylation sites (tertiary alicyclic amines) is 1. The second-order valence-corrected chi connectivity index (χ2v) is 6.21. The van der Waals surface area contributed by atoms with E-state index in [2.05, 4.69) is 14.8 Å². The Morgan fingerprint density at radius 1 is 1.14 bits per heavy atom. The molecular formula is C17H25N3O2. The maximum Gasteiger partial charge on any atom is 0.339 e. The molecule has 0 radical (unpaired) electrons. The van der Waals surface area contributed by atoms with E-state index in [1.807, 2.05) is 6.07 Å². The van der Waals surface area contributed by atoms with Crippen LogP contribution >= 0.6 is 0 Å². The molecule has 2 saturated heterocycles. The molecule has 22 heavy (non-hydrogen) atoms. The highest BCUT2D eigenvalue weighted by Gasteiger charge is 2.26. The number of ether oxygens (including phenoxy) is 1. The molecule has 5 heteroatoms. The van der Waals surface area contributed by atoms with Gasteiger partial charge in [-0.25, -0.2) is 9.78 Å². The zero-order valence-corrected chi connectivity index (χ0v) is 13.3. The summed E-state index contributed by atoms with van der Waals surface area (Å²) in [5.74, 6) is 0.632. The van der Waals surface area contributed by atoms with Crippen molar-refractivity contribution in [1.29, 1.82) is 0 Å². The molecule has 2 aliphatic rings. The number of hydrogen-bond donors (Lipinski definition) is 0. The number of carbonyl (C=O) groups is 1. The fourth-order valence-electron chi connectivity index (χ4n) is 3.56. The van der Waals surface area contributed by atoms with E-state index in [1.165, 1.54) is 52.3 Å². The van der Waals surface area contributed by atoms with Crippen LogP contribution in [0.4, 0.5) is 5.82 Å². The lowest BCUT2D eigenvalue weighted by Crippen LogP contribution is -2.46. The highest BCUT2D eigenvalue weighted by Crippen LogP contribution is 2.23. The molecule has 0 bridgehead atoms. The van der Waals surface area contributed by atoms with E-state index >= 15 is 0 Å². The van der Waals surface area contributed by atoms with Crippen molar-refractivity contribution < 1.29 is 9.53 Å². The van der Waals surface area contributed by atoms with Crippen LogP contribution in [0.3, 0.4) is 0 Å². The molecule has 0 saturated carbocycles. The van der Waals surface area contributed by atoms with E-state index in [1.54, 1.807) is 12.3 Å². The Bertz CT molecular complexity index is 489. The van der Waals surface area contributed by atoms with Gasteiger partial charge >= 0.3 is 5.97 Å². The first-order chi connectivity index (χ1) is 10.8. The SMILES string of the molecule is COC(=O)c1ccc(N2CCC(N3CCCCC3)CC2)nc1. The van der Waals surface area contributed by atoms with Crippen LogP contribution in [0.2, 0.25) is 0 Å². The van der Waals surface area contributed by atoms with Crippen LogP contribution in [-0.2, 0) is 4.74 Å². The van der Waals surface area contributed by atoms with Crippen molar-refractivity contribution >= 4 is 11.8 Å². The van der Waals surface area contributed by atoms with E-state index < -0.39 is 0 Å². The fourth-order valence-corrected chi connectivity index (χ4v) is 3.56. The Balaban J connectivity index is 1.55. The third-order valence-electron chi connectivity index (χ3n) is 4.86. The summed E-state index contributed by atoms with van der Waals surface area (Å²) in [4.78, 5) is 20.9. The topological polar surface area (TPSA) is 45.7 Å². The maximum absolute atomic E-state index is 11.4. The number of pyridine rings is 1. The molecule has 0 aliphatic carbocycles. The fraction of sp³-hybridized carbons (Fsp3) is 0.647. The summed E-state index contributed by atoms with van der Waals surface area (Å²) in [7, 11) is 1.39. The monoisotopic (exact) mass is 303 g/mol. The summed E-state index contributed by atoms with van der Waals surface area (Å²) < 4.78 is 4.70. The van der Waals surface area contributed by atoms with Gasteiger partial charge in [-0.2, -0.15) is 0 Å². The van der Waals surface area contributed by atoms with Crippen LogP contribution in [0.25, 0.3) is 0 Å². The Morgan fingerprint density at radius 3 is 2.45 bits per heavy atom. The number of hydrogen-bond acceptors (Lipinski definition) is 5. The lowest BCUT2D eigenvalue weighted by Gasteiger charge is -2.40. The molecule has 3 heterocycles. The highest BCUT2D eigenvalue weighted by atomic mass is 16.5. The minimum Gasteiger partial charge on any atom is -0.465 e. The number of esters is 1. The van der Waals surface area contributed by atoms with Crippen molar-refractivity contribution in [3.05, 3.63) is 23.9 Å². The van der Waals surface area contributed by atoms with Crippen LogP contribution in [0.15, 0.2) is 18.3 Å². The summed E-state index contributed by atoms with van der Waals surface area (Å²) in [6, 6.07) is 4.46. The molecule has 0 amide bonds. The molecule has 1 aromatic heterocycles. The number of aromatic nitrogens is 1. The van der Waals surface area contributed by atoms with Crippen molar-refractivity contribution in [3.8, 4) is 0 Å². The number of anilines is 1. The maximum atomic E-state index is 11.4. The molecule has 1 aromatic rings. The van der Waals surface area contributed by atoms with Gasteiger partial charge < -0.3 is 14.5 Å². The van der Waals surface area contributed by atoms with Gasteiger partial charge in [0, 0.05) is 25.3 Å². The summed E-state index contributed by atoms with van der Waals surface area (Å²) in [6.07, 6.45) is 8.14. The summed E-state index contributed by atoms with van der Waals surface area (Å²) >= 11 is 0. The third kappa shape index (κ3) is 3.40. The van der Waals surface area contributed by atoms with Crippen molar-refractivity contribution in [3.63, 3.8) is 0 Å². The number of nitrogens with zero attached hydrogens (tertiary/aromatic N) is 3. The van der Waals surface area contributed by atoms with Gasteiger partial charge in [0.15, 0.2) is 0 Å². The molecule has 2 fully saturated rings. The molecule has 0 spiro atoms. The van der Waals surface area contributed by atoms with Gasteiger partial charge in [-0.05, 0) is 50.9 Å². The van der Waals surface area contributed by atoms with E-state index in [0.29, 0.717) is 5.56 Å². The molecule has 5 nitrogen and oxygen atoms in total. The second kappa shape index (κ2) is 7.09. The van der Waals surface area contributed by atoms with E-state index in [-0.39, 0.29) is 5.97 Å². The third-order valence-corrected chi connectivity index (χ3v) is 4.86. The van der Waals surface area contributed by atoms with Gasteiger partial charge in [0.2, 0.25) is 0 Å². The molecular weight excluding hydrogens is 278 g/mol. The van der Waals surface area contributed by atoms with Crippen LogP contribution < -0.4 is 4.90 Å². The lowest BCUT2D eigenvalue weighted by molar-refractivity contribution is 0.0600. The van der Waals surface area contributed by atoms with Gasteiger partial charge in [0.1, 0.15) is 5.82 Å². The average Bonchev–Trinajstić information content (AvgIpc) is 2.62. The second-order valence-electron chi connectivity index (χ2n) is 6.21. The van der Waals surface area contributed by atoms with Gasteiger partial charge in [-0.15, -0.1) is 0 Å². The van der Waals surface area contributed by atoms with Gasteiger partial charge in [-0.3, -0.25) is 0 Å². The first-order valence-corrected chi connectivity index (χ1v) is 8.31. The largest absolute Gasteiger partial charge is 0.465 e. The molecule has 0 aromatic carbocycles. The molecule has 0 N–H and O–H groups in total. The number of rotatable bonds is 3. The molecule has 0 unspecified atom stereocenters. The van der Waals surface area contributed by atoms with Crippen molar-refractivity contribution in [1.82, 2.24) is 9.88 Å². The number of methoxy groups -OCH3 is 1. The Hall–Kier alpha value is -1.62. The van der Waals surface area contributed by atoms with Crippen molar-refractivity contribution in [2.75, 3.05) is 38.2 Å². The van der Waals surface area contributed by atoms with Crippen LogP contribution in [0, 0.1) is 0 Å². The first kappa shape index (κ1) is 15.3. The quantitative estimate of drug-likeness (QED) is 0.802. The minimum atomic E-state index is -0.331. The predicted octanol–water partition coefficient (Wildman–Crippen LogP) is 2.32. The zero-order chi connectivity index (χ0) is 15.4. The van der Waals surface area contributed by atoms with E-state index in [0.717, 1.165) is 24.9 Å². The Labute approximate surface area is 132 Å². The standard InChI is InChI=1S/C17H25N3O2/c1-22-17(21)14-5-6-16(18-13-14)20-11-7-15(8-12-20)19-9-3-2-4-10-19/h5-6,13,15H,2-4,7-12H2,1H3. The van der Waals surface area contributed by atoms with Crippen LogP contribution in [-0.4, -0.2) is 55.2 Å². The smallest absolute Gasteiger partial charge is 0.339 e. The summed E-state index contributed by atoms with van der Waals surface area (Å²) in [6.45, 7) is 4.64. The van der Waals surface area contributed by atoms with E-state index in [4.69, 9.17) is 4.74 Å². The molecule has 120 valence electrons. The van der Waals surface area contributed by atoms with Gasteiger partial charge in [-0.1, -0.05) is 6.42 Å². The summed E-state index contributed by atoms with van der Waals surface area (Å²) in [5, 5.41) is 0. The minimum absolute atomic E-state index is 0.331. The lowest BCUT2D eigenvalue weighted by atomic mass is 10.00. The molecule has 0 atom stereocenters.